The summed E-state index contributed by atoms with van der Waals surface area (Å²) in [5.41, 5.74) is 2.15. The maximum Gasteiger partial charge on any atom is 0.416 e. The van der Waals surface area contributed by atoms with Crippen molar-refractivity contribution in [3.05, 3.63) is 112 Å². The van der Waals surface area contributed by atoms with Crippen LogP contribution in [0.15, 0.2) is 88.3 Å². The van der Waals surface area contributed by atoms with Gasteiger partial charge >= 0.3 is 12.1 Å². The second-order valence-corrected chi connectivity index (χ2v) is 9.14. The molecule has 0 aliphatic heterocycles. The van der Waals surface area contributed by atoms with Crippen LogP contribution >= 0.6 is 0 Å². The maximum absolute atomic E-state index is 13.1. The number of fused-ring (bicyclic) bond motifs is 1. The molecule has 198 valence electrons. The van der Waals surface area contributed by atoms with Crippen LogP contribution in [0.5, 0.6) is 0 Å². The molecule has 2 N–H and O–H groups in total. The predicted octanol–water partition coefficient (Wildman–Crippen LogP) is 6.84. The highest BCUT2D eigenvalue weighted by molar-refractivity contribution is 5.94. The first-order valence-corrected chi connectivity index (χ1v) is 11.9. The fraction of sp³-hybridized carbons (Fsp3) is 0.138. The van der Waals surface area contributed by atoms with Gasteiger partial charge in [-0.05, 0) is 61.9 Å². The van der Waals surface area contributed by atoms with E-state index in [-0.39, 0.29) is 16.8 Å². The van der Waals surface area contributed by atoms with Crippen molar-refractivity contribution in [2.45, 2.75) is 26.1 Å². The van der Waals surface area contributed by atoms with Crippen molar-refractivity contribution in [3.8, 4) is 17.0 Å². The molecule has 10 heteroatoms. The molecule has 0 spiro atoms. The Bertz CT molecular complexity index is 1750. The summed E-state index contributed by atoms with van der Waals surface area (Å²) in [5, 5.41) is 17.3. The topological polar surface area (TPSA) is 97.4 Å². The monoisotopic (exact) mass is 533 g/mol. The fourth-order valence-corrected chi connectivity index (χ4v) is 4.40. The highest BCUT2D eigenvalue weighted by atomic mass is 19.4. The van der Waals surface area contributed by atoms with Crippen molar-refractivity contribution in [3.63, 3.8) is 0 Å². The number of hydrogen-bond acceptors (Lipinski definition) is 5. The Balaban J connectivity index is 1.54. The normalized spacial score (nSPS) is 12.4. The molecule has 0 amide bonds. The van der Waals surface area contributed by atoms with Crippen molar-refractivity contribution in [2.75, 3.05) is 5.32 Å². The van der Waals surface area contributed by atoms with Gasteiger partial charge in [-0.1, -0.05) is 18.2 Å². The first-order chi connectivity index (χ1) is 18.5. The summed E-state index contributed by atoms with van der Waals surface area (Å²) in [6.45, 7) is 3.68. The third kappa shape index (κ3) is 5.13. The number of carbonyl (C=O) groups is 1. The van der Waals surface area contributed by atoms with Crippen LogP contribution in [0.4, 0.5) is 18.9 Å². The molecule has 0 saturated carbocycles. The van der Waals surface area contributed by atoms with E-state index in [0.29, 0.717) is 33.5 Å². The standard InChI is InChI=1S/C29H22F3N3O4/c1-16-11-22(17(2)34-24-6-4-3-5-21(24)28(37)38)27-23(12-16)25(36)13-26(39-27)18-14-33-35(15-18)20-9-7-19(8-10-20)29(30,31)32/h3-15,17,34H,1-2H3,(H,37,38)/t17-/m1/s1. The minimum absolute atomic E-state index is 0.110. The average molecular weight is 534 g/mol. The highest BCUT2D eigenvalue weighted by Gasteiger charge is 2.30. The smallest absolute Gasteiger partial charge is 0.416 e. The zero-order valence-corrected chi connectivity index (χ0v) is 20.8. The number of rotatable bonds is 6. The molecule has 3 aromatic carbocycles. The lowest BCUT2D eigenvalue weighted by Gasteiger charge is -2.19. The largest absolute Gasteiger partial charge is 0.478 e. The Kier molecular flexibility index (Phi) is 6.47. The summed E-state index contributed by atoms with van der Waals surface area (Å²) < 4.78 is 46.3. The number of aryl methyl sites for hydroxylation is 1. The van der Waals surface area contributed by atoms with Gasteiger partial charge in [0.15, 0.2) is 5.43 Å². The number of para-hydroxylation sites is 1. The number of anilines is 1. The Morgan fingerprint density at radius 3 is 2.49 bits per heavy atom. The van der Waals surface area contributed by atoms with E-state index in [4.69, 9.17) is 4.42 Å². The number of benzene rings is 3. The molecule has 0 unspecified atom stereocenters. The van der Waals surface area contributed by atoms with Crippen LogP contribution in [0, 0.1) is 6.92 Å². The number of aromatic nitrogens is 2. The summed E-state index contributed by atoms with van der Waals surface area (Å²) >= 11 is 0. The number of aromatic carboxylic acids is 1. The second kappa shape index (κ2) is 9.79. The fourth-order valence-electron chi connectivity index (χ4n) is 4.40. The van der Waals surface area contributed by atoms with E-state index >= 15 is 0 Å². The van der Waals surface area contributed by atoms with Gasteiger partial charge in [0, 0.05) is 23.5 Å². The van der Waals surface area contributed by atoms with E-state index in [1.54, 1.807) is 30.5 Å². The third-order valence-corrected chi connectivity index (χ3v) is 6.32. The molecule has 0 aliphatic carbocycles. The highest BCUT2D eigenvalue weighted by Crippen LogP contribution is 2.32. The second-order valence-electron chi connectivity index (χ2n) is 9.14. The maximum atomic E-state index is 13.1. The predicted molar refractivity (Wildman–Crippen MR) is 140 cm³/mol. The molecule has 1 atom stereocenters. The molecule has 7 nitrogen and oxygen atoms in total. The third-order valence-electron chi connectivity index (χ3n) is 6.32. The first kappa shape index (κ1) is 25.8. The number of nitrogens with zero attached hydrogens (tertiary/aromatic N) is 2. The SMILES string of the molecule is Cc1cc([C@@H](C)Nc2ccccc2C(=O)O)c2oc(-c3cnn(-c4ccc(C(F)(F)F)cc4)c3)cc(=O)c2c1. The molecular formula is C29H22F3N3O4. The summed E-state index contributed by atoms with van der Waals surface area (Å²) in [6, 6.07) is 15.6. The minimum atomic E-state index is -4.44. The van der Waals surface area contributed by atoms with E-state index < -0.39 is 23.8 Å². The summed E-state index contributed by atoms with van der Waals surface area (Å²) in [7, 11) is 0. The molecular weight excluding hydrogens is 511 g/mol. The van der Waals surface area contributed by atoms with E-state index in [1.807, 2.05) is 19.9 Å². The van der Waals surface area contributed by atoms with Crippen LogP contribution < -0.4 is 10.7 Å². The molecule has 39 heavy (non-hydrogen) atoms. The number of carboxylic acids is 1. The lowest BCUT2D eigenvalue weighted by Crippen LogP contribution is -2.12. The molecule has 0 fully saturated rings. The van der Waals surface area contributed by atoms with Gasteiger partial charge in [-0.25, -0.2) is 9.48 Å². The van der Waals surface area contributed by atoms with E-state index in [0.717, 1.165) is 17.7 Å². The number of nitrogens with one attached hydrogen (secondary N) is 1. The zero-order valence-electron chi connectivity index (χ0n) is 20.8. The lowest BCUT2D eigenvalue weighted by molar-refractivity contribution is -0.137. The van der Waals surface area contributed by atoms with Gasteiger partial charge in [-0.15, -0.1) is 0 Å². The van der Waals surface area contributed by atoms with Gasteiger partial charge < -0.3 is 14.8 Å². The molecule has 0 saturated heterocycles. The van der Waals surface area contributed by atoms with Crippen LogP contribution in [0.3, 0.4) is 0 Å². The van der Waals surface area contributed by atoms with Gasteiger partial charge in [0.25, 0.3) is 0 Å². The average Bonchev–Trinajstić information content (AvgIpc) is 3.39. The number of carboxylic acid groups (broad SMARTS) is 1. The molecule has 5 rings (SSSR count). The molecule has 0 radical (unpaired) electrons. The van der Waals surface area contributed by atoms with Crippen LogP contribution in [0.25, 0.3) is 28.0 Å². The van der Waals surface area contributed by atoms with Crippen molar-refractivity contribution >= 4 is 22.6 Å². The quantitative estimate of drug-likeness (QED) is 0.248. The number of hydrogen-bond donors (Lipinski definition) is 2. The Morgan fingerprint density at radius 1 is 1.08 bits per heavy atom. The van der Waals surface area contributed by atoms with E-state index in [2.05, 4.69) is 10.4 Å². The van der Waals surface area contributed by atoms with Crippen molar-refractivity contribution in [1.82, 2.24) is 9.78 Å². The van der Waals surface area contributed by atoms with Gasteiger partial charge in [0.1, 0.15) is 11.3 Å². The Labute approximate surface area is 220 Å². The van der Waals surface area contributed by atoms with E-state index in [1.165, 1.54) is 35.1 Å². The van der Waals surface area contributed by atoms with Gasteiger partial charge in [0.05, 0.1) is 40.0 Å². The summed E-state index contributed by atoms with van der Waals surface area (Å²) in [4.78, 5) is 24.8. The van der Waals surface area contributed by atoms with Crippen LogP contribution in [-0.2, 0) is 6.18 Å². The summed E-state index contributed by atoms with van der Waals surface area (Å²) in [6.07, 6.45) is -1.42. The molecule has 2 heterocycles. The van der Waals surface area contributed by atoms with Crippen molar-refractivity contribution in [2.24, 2.45) is 0 Å². The van der Waals surface area contributed by atoms with Gasteiger partial charge in [-0.2, -0.15) is 18.3 Å². The Morgan fingerprint density at radius 2 is 1.79 bits per heavy atom. The first-order valence-electron chi connectivity index (χ1n) is 11.9. The zero-order chi connectivity index (χ0) is 27.9. The molecule has 2 aromatic heterocycles. The van der Waals surface area contributed by atoms with E-state index in [9.17, 15) is 27.9 Å². The molecule has 0 aliphatic rings. The van der Waals surface area contributed by atoms with Crippen molar-refractivity contribution < 1.29 is 27.5 Å². The van der Waals surface area contributed by atoms with Crippen LogP contribution in [-0.4, -0.2) is 20.9 Å². The molecule has 0 bridgehead atoms. The van der Waals surface area contributed by atoms with Gasteiger partial charge in [-0.3, -0.25) is 4.79 Å². The summed E-state index contributed by atoms with van der Waals surface area (Å²) in [5.74, 6) is -0.841. The minimum Gasteiger partial charge on any atom is -0.478 e. The Hall–Kier alpha value is -4.86. The number of halogens is 3. The van der Waals surface area contributed by atoms with Crippen molar-refractivity contribution in [1.29, 1.82) is 0 Å². The number of alkyl halides is 3. The lowest BCUT2D eigenvalue weighted by atomic mass is 10.0. The molecule has 5 aromatic rings. The van der Waals surface area contributed by atoms with Crippen LogP contribution in [0.2, 0.25) is 0 Å². The van der Waals surface area contributed by atoms with Gasteiger partial charge in [0.2, 0.25) is 0 Å². The van der Waals surface area contributed by atoms with Crippen LogP contribution in [0.1, 0.15) is 40.0 Å².